The van der Waals surface area contributed by atoms with Crippen LogP contribution in [0.2, 0.25) is 0 Å². The number of hydrogen-bond acceptors (Lipinski definition) is 6. The largest absolute Gasteiger partial charge is 0.297 e. The summed E-state index contributed by atoms with van der Waals surface area (Å²) in [4.78, 5) is 15.9. The summed E-state index contributed by atoms with van der Waals surface area (Å²) in [5.74, 6) is 0.582. The quantitative estimate of drug-likeness (QED) is 0.171. The number of nitrogens with one attached hydrogen (secondary N) is 1. The lowest BCUT2D eigenvalue weighted by Gasteiger charge is -2.26. The summed E-state index contributed by atoms with van der Waals surface area (Å²) in [6.45, 7) is 0. The number of carbonyl (C=O) groups excluding carboxylic acids is 1. The Morgan fingerprint density at radius 2 is 1.21 bits per heavy atom. The molecule has 2 aromatic heterocycles. The zero-order valence-corrected chi connectivity index (χ0v) is 30.6. The van der Waals surface area contributed by atoms with Crippen molar-refractivity contribution in [3.63, 3.8) is 0 Å². The van der Waals surface area contributed by atoms with Gasteiger partial charge >= 0.3 is 0 Å². The maximum atomic E-state index is 14.6. The van der Waals surface area contributed by atoms with Gasteiger partial charge in [0.15, 0.2) is 10.7 Å². The van der Waals surface area contributed by atoms with E-state index in [0.717, 1.165) is 50.2 Å². The molecule has 1 N–H and O–H groups in total. The lowest BCUT2D eigenvalue weighted by Crippen LogP contribution is -2.32. The molecule has 8 nitrogen and oxygen atoms in total. The van der Waals surface area contributed by atoms with E-state index in [1.807, 2.05) is 143 Å². The van der Waals surface area contributed by atoms with E-state index < -0.39 is 4.87 Å². The topological polar surface area (TPSA) is 80.9 Å². The van der Waals surface area contributed by atoms with E-state index in [1.165, 1.54) is 22.3 Å². The van der Waals surface area contributed by atoms with Crippen LogP contribution in [0.3, 0.4) is 0 Å². The van der Waals surface area contributed by atoms with Gasteiger partial charge in [-0.05, 0) is 77.0 Å². The molecule has 0 atom stereocenters. The van der Waals surface area contributed by atoms with Crippen LogP contribution in [0.1, 0.15) is 22.3 Å². The van der Waals surface area contributed by atoms with Crippen LogP contribution in [0.15, 0.2) is 187 Å². The van der Waals surface area contributed by atoms with Crippen LogP contribution in [-0.2, 0) is 9.67 Å². The van der Waals surface area contributed by atoms with Gasteiger partial charge in [0.05, 0.1) is 17.1 Å². The van der Waals surface area contributed by atoms with Crippen LogP contribution in [0.25, 0.3) is 51.2 Å². The number of amides is 1. The first-order chi connectivity index (χ1) is 27.6. The monoisotopic (exact) mass is 741 g/mol. The predicted octanol–water partition coefficient (Wildman–Crippen LogP) is 9.80. The van der Waals surface area contributed by atoms with Crippen molar-refractivity contribution in [2.45, 2.75) is 10.0 Å². The van der Waals surface area contributed by atoms with Crippen molar-refractivity contribution in [2.75, 3.05) is 10.3 Å². The van der Waals surface area contributed by atoms with Gasteiger partial charge in [0.2, 0.25) is 5.16 Å². The number of anilines is 1. The summed E-state index contributed by atoms with van der Waals surface area (Å²) in [7, 11) is 0. The molecule has 0 unspecified atom stereocenters. The summed E-state index contributed by atoms with van der Waals surface area (Å²) < 4.78 is 3.86. The van der Waals surface area contributed by atoms with Crippen LogP contribution >= 0.6 is 11.8 Å². The normalized spacial score (nSPS) is 15.5. The number of thioether (sulfide) groups is 1. The van der Waals surface area contributed by atoms with Gasteiger partial charge in [-0.3, -0.25) is 15.1 Å². The molecule has 8 aromatic rings. The first kappa shape index (κ1) is 32.2. The average Bonchev–Trinajstić information content (AvgIpc) is 4.08. The minimum absolute atomic E-state index is 0.120. The van der Waals surface area contributed by atoms with Crippen molar-refractivity contribution in [2.24, 2.45) is 0 Å². The van der Waals surface area contributed by atoms with Crippen LogP contribution in [0.5, 0.6) is 0 Å². The lowest BCUT2D eigenvalue weighted by molar-refractivity contribution is -0.113. The van der Waals surface area contributed by atoms with Gasteiger partial charge in [-0.2, -0.15) is 5.10 Å². The van der Waals surface area contributed by atoms with E-state index in [1.54, 1.807) is 16.7 Å². The Bertz CT molecular complexity index is 2830. The highest BCUT2D eigenvalue weighted by Gasteiger charge is 2.50. The summed E-state index contributed by atoms with van der Waals surface area (Å²) in [6, 6.07) is 55.2. The molecule has 2 aliphatic heterocycles. The van der Waals surface area contributed by atoms with Crippen molar-refractivity contribution in [1.82, 2.24) is 24.7 Å². The molecule has 1 amide bonds. The van der Waals surface area contributed by atoms with E-state index in [-0.39, 0.29) is 5.91 Å². The smallest absolute Gasteiger partial charge is 0.262 e. The van der Waals surface area contributed by atoms with E-state index in [2.05, 4.69) is 64.2 Å². The summed E-state index contributed by atoms with van der Waals surface area (Å²) in [6.07, 6.45) is 5.91. The number of rotatable bonds is 6. The van der Waals surface area contributed by atoms with E-state index in [9.17, 15) is 4.79 Å². The highest BCUT2D eigenvalue weighted by Crippen LogP contribution is 2.58. The number of benzene rings is 6. The second-order valence-electron chi connectivity index (χ2n) is 13.9. The Morgan fingerprint density at radius 3 is 1.89 bits per heavy atom. The zero-order chi connectivity index (χ0) is 37.2. The molecular formula is C47H31N7OS. The maximum absolute atomic E-state index is 14.6. The van der Waals surface area contributed by atoms with Crippen molar-refractivity contribution in [3.05, 3.63) is 204 Å². The minimum atomic E-state index is -0.509. The van der Waals surface area contributed by atoms with Crippen LogP contribution < -0.4 is 10.3 Å². The fourth-order valence-electron chi connectivity index (χ4n) is 8.01. The zero-order valence-electron chi connectivity index (χ0n) is 29.8. The Morgan fingerprint density at radius 1 is 0.607 bits per heavy atom. The molecule has 0 bridgehead atoms. The summed E-state index contributed by atoms with van der Waals surface area (Å²) in [5, 5.41) is 15.0. The Hall–Kier alpha value is -7.23. The molecule has 4 heterocycles. The molecular weight excluding hydrogens is 711 g/mol. The molecule has 6 aromatic carbocycles. The SMILES string of the molecule is O=C1/C(=C/c2cn(-c3ccccc3)nc2-c2ccccc2)C=C(c2ccccc2)N1c1ccc(-c2nnc3n2NC2(S3)c3ccccc3-c3ccccc32)cc1. The molecule has 0 saturated carbocycles. The van der Waals surface area contributed by atoms with Crippen LogP contribution in [0.4, 0.5) is 5.69 Å². The van der Waals surface area contributed by atoms with Crippen LogP contribution in [0, 0.1) is 0 Å². The molecule has 1 aliphatic carbocycles. The molecule has 266 valence electrons. The Labute approximate surface area is 327 Å². The highest BCUT2D eigenvalue weighted by atomic mass is 32.2. The van der Waals surface area contributed by atoms with Crippen molar-refractivity contribution >= 4 is 35.1 Å². The number of carbonyl (C=O) groups is 1. The lowest BCUT2D eigenvalue weighted by atomic mass is 10.1. The number of fused-ring (bicyclic) bond motifs is 6. The van der Waals surface area contributed by atoms with E-state index >= 15 is 0 Å². The third-order valence-corrected chi connectivity index (χ3v) is 11.9. The molecule has 0 radical (unpaired) electrons. The van der Waals surface area contributed by atoms with Crippen molar-refractivity contribution < 1.29 is 4.79 Å². The molecule has 11 rings (SSSR count). The molecule has 0 fully saturated rings. The molecule has 3 aliphatic rings. The molecule has 56 heavy (non-hydrogen) atoms. The number of hydrogen-bond donors (Lipinski definition) is 1. The Balaban J connectivity index is 0.952. The highest BCUT2D eigenvalue weighted by molar-refractivity contribution is 8.00. The van der Waals surface area contributed by atoms with Gasteiger partial charge in [0.1, 0.15) is 0 Å². The second kappa shape index (κ2) is 12.7. The van der Waals surface area contributed by atoms with Gasteiger partial charge in [0, 0.05) is 45.3 Å². The predicted molar refractivity (Wildman–Crippen MR) is 222 cm³/mol. The second-order valence-corrected chi connectivity index (χ2v) is 15.1. The van der Waals surface area contributed by atoms with Crippen LogP contribution in [-0.4, -0.2) is 30.6 Å². The molecule has 9 heteroatoms. The van der Waals surface area contributed by atoms with E-state index in [0.29, 0.717) is 11.4 Å². The van der Waals surface area contributed by atoms with Crippen molar-refractivity contribution in [1.29, 1.82) is 0 Å². The van der Waals surface area contributed by atoms with Gasteiger partial charge in [-0.1, -0.05) is 127 Å². The minimum Gasteiger partial charge on any atom is -0.297 e. The first-order valence-electron chi connectivity index (χ1n) is 18.4. The molecule has 1 spiro atoms. The van der Waals surface area contributed by atoms with Gasteiger partial charge in [-0.15, -0.1) is 10.2 Å². The van der Waals surface area contributed by atoms with Gasteiger partial charge < -0.3 is 0 Å². The Kier molecular flexibility index (Phi) is 7.30. The van der Waals surface area contributed by atoms with Crippen molar-refractivity contribution in [3.8, 4) is 39.5 Å². The maximum Gasteiger partial charge on any atom is 0.262 e. The standard InChI is InChI=1S/C47H31N7OS/c55-45-34(28-35-30-52(36-18-8-3-9-19-36)50-43(35)32-16-6-2-7-17-32)29-42(31-14-4-1-5-15-31)53(45)37-26-24-33(25-27-37)44-48-49-46-54(44)51-47(56-46)40-22-12-10-20-38(40)39-21-11-13-23-41(39)47/h1-30,51H/b34-28+. The molecule has 0 saturated heterocycles. The first-order valence-corrected chi connectivity index (χ1v) is 19.2. The average molecular weight is 742 g/mol. The number of nitrogens with zero attached hydrogens (tertiary/aromatic N) is 6. The van der Waals surface area contributed by atoms with Gasteiger partial charge in [-0.25, -0.2) is 9.36 Å². The van der Waals surface area contributed by atoms with E-state index in [4.69, 9.17) is 5.10 Å². The third kappa shape index (κ3) is 5.02. The fourth-order valence-corrected chi connectivity index (χ4v) is 9.30. The third-order valence-electron chi connectivity index (χ3n) is 10.6. The summed E-state index contributed by atoms with van der Waals surface area (Å²) >= 11 is 1.67. The number of para-hydroxylation sites is 1. The fraction of sp³-hybridized carbons (Fsp3) is 0.0213. The summed E-state index contributed by atoms with van der Waals surface area (Å²) in [5.41, 5.74) is 16.1. The number of aromatic nitrogens is 5. The van der Waals surface area contributed by atoms with Gasteiger partial charge in [0.25, 0.3) is 5.91 Å².